The number of amides is 1. The summed E-state index contributed by atoms with van der Waals surface area (Å²) in [6.07, 6.45) is 1.71. The lowest BCUT2D eigenvalue weighted by molar-refractivity contribution is -0.122. The average molecular weight is 230 g/mol. The van der Waals surface area contributed by atoms with Crippen LogP contribution < -0.4 is 10.6 Å². The Morgan fingerprint density at radius 1 is 1.62 bits per heavy atom. The second-order valence-electron chi connectivity index (χ2n) is 3.61. The quantitative estimate of drug-likeness (QED) is 0.474. The van der Waals surface area contributed by atoms with Crippen molar-refractivity contribution in [2.24, 2.45) is 0 Å². The Bertz CT molecular complexity index is 209. The van der Waals surface area contributed by atoms with Crippen molar-refractivity contribution in [1.29, 1.82) is 0 Å². The Morgan fingerprint density at radius 3 is 2.88 bits per heavy atom. The van der Waals surface area contributed by atoms with Crippen LogP contribution in [-0.4, -0.2) is 50.0 Å². The fourth-order valence-corrected chi connectivity index (χ4v) is 1.16. The molecule has 94 valence electrons. The average Bonchev–Trinajstić information content (AvgIpc) is 2.26. The van der Waals surface area contributed by atoms with Crippen LogP contribution in [-0.2, 0) is 9.53 Å². The van der Waals surface area contributed by atoms with E-state index in [2.05, 4.69) is 17.2 Å². The smallest absolute Gasteiger partial charge is 0.237 e. The van der Waals surface area contributed by atoms with Crippen LogP contribution in [0.4, 0.5) is 0 Å². The fourth-order valence-electron chi connectivity index (χ4n) is 1.16. The fraction of sp³-hybridized carbons (Fsp3) is 0.727. The van der Waals surface area contributed by atoms with Gasteiger partial charge in [0.2, 0.25) is 5.91 Å². The maximum absolute atomic E-state index is 11.4. The zero-order chi connectivity index (χ0) is 12.4. The molecule has 0 aliphatic rings. The van der Waals surface area contributed by atoms with Crippen LogP contribution in [0.2, 0.25) is 0 Å². The lowest BCUT2D eigenvalue weighted by Gasteiger charge is -2.15. The van der Waals surface area contributed by atoms with Gasteiger partial charge in [0.1, 0.15) is 0 Å². The summed E-state index contributed by atoms with van der Waals surface area (Å²) in [5, 5.41) is 15.1. The van der Waals surface area contributed by atoms with Gasteiger partial charge in [-0.15, -0.1) is 6.58 Å². The Balaban J connectivity index is 3.59. The number of aliphatic hydroxyl groups is 1. The van der Waals surface area contributed by atoms with E-state index in [4.69, 9.17) is 4.74 Å². The molecule has 0 spiro atoms. The largest absolute Gasteiger partial charge is 0.391 e. The molecule has 0 saturated heterocycles. The molecule has 0 aromatic rings. The first-order valence-electron chi connectivity index (χ1n) is 5.40. The highest BCUT2D eigenvalue weighted by molar-refractivity contribution is 5.81. The standard InChI is InChI=1S/C11H22N2O3/c1-4-6-13-11(15)9(2)12-7-5-10(14)8-16-3/h4,9-10,12,14H,1,5-8H2,2-3H3,(H,13,15). The number of aliphatic hydroxyl groups excluding tert-OH is 1. The first-order chi connectivity index (χ1) is 7.61. The van der Waals surface area contributed by atoms with Gasteiger partial charge in [0.15, 0.2) is 0 Å². The van der Waals surface area contributed by atoms with E-state index < -0.39 is 6.10 Å². The van der Waals surface area contributed by atoms with Crippen LogP contribution in [0.5, 0.6) is 0 Å². The van der Waals surface area contributed by atoms with Crippen molar-refractivity contribution in [3.8, 4) is 0 Å². The van der Waals surface area contributed by atoms with E-state index >= 15 is 0 Å². The monoisotopic (exact) mass is 230 g/mol. The molecular weight excluding hydrogens is 208 g/mol. The van der Waals surface area contributed by atoms with E-state index in [1.54, 1.807) is 20.1 Å². The Labute approximate surface area is 96.9 Å². The predicted octanol–water partition coefficient (Wildman–Crippen LogP) is -0.336. The molecule has 1 amide bonds. The highest BCUT2D eigenvalue weighted by Crippen LogP contribution is 1.91. The van der Waals surface area contributed by atoms with Crippen molar-refractivity contribution in [3.63, 3.8) is 0 Å². The van der Waals surface area contributed by atoms with Gasteiger partial charge in [-0.2, -0.15) is 0 Å². The number of hydrogen-bond acceptors (Lipinski definition) is 4. The maximum atomic E-state index is 11.4. The molecule has 5 heteroatoms. The zero-order valence-corrected chi connectivity index (χ0v) is 10.0. The summed E-state index contributed by atoms with van der Waals surface area (Å²) in [5.41, 5.74) is 0. The summed E-state index contributed by atoms with van der Waals surface area (Å²) in [6, 6.07) is -0.269. The Morgan fingerprint density at radius 2 is 2.31 bits per heavy atom. The second kappa shape index (κ2) is 9.33. The summed E-state index contributed by atoms with van der Waals surface area (Å²) < 4.78 is 4.79. The zero-order valence-electron chi connectivity index (χ0n) is 10.0. The van der Waals surface area contributed by atoms with Crippen LogP contribution >= 0.6 is 0 Å². The number of methoxy groups -OCH3 is 1. The predicted molar refractivity (Wildman–Crippen MR) is 63.2 cm³/mol. The summed E-state index contributed by atoms with van der Waals surface area (Å²) in [6.45, 7) is 6.66. The third-order valence-corrected chi connectivity index (χ3v) is 2.10. The van der Waals surface area contributed by atoms with Gasteiger partial charge in [0.05, 0.1) is 18.8 Å². The molecule has 0 fully saturated rings. The third kappa shape index (κ3) is 7.39. The molecular formula is C11H22N2O3. The summed E-state index contributed by atoms with van der Waals surface area (Å²) in [5.74, 6) is -0.0684. The first kappa shape index (κ1) is 15.1. The highest BCUT2D eigenvalue weighted by Gasteiger charge is 2.11. The molecule has 0 aromatic heterocycles. The van der Waals surface area contributed by atoms with Crippen LogP contribution in [0.15, 0.2) is 12.7 Å². The third-order valence-electron chi connectivity index (χ3n) is 2.10. The minimum atomic E-state index is -0.485. The number of hydrogen-bond donors (Lipinski definition) is 3. The van der Waals surface area contributed by atoms with Crippen LogP contribution in [0.1, 0.15) is 13.3 Å². The molecule has 0 rings (SSSR count). The van der Waals surface area contributed by atoms with Crippen LogP contribution in [0, 0.1) is 0 Å². The normalized spacial score (nSPS) is 14.2. The van der Waals surface area contributed by atoms with Crippen molar-refractivity contribution in [3.05, 3.63) is 12.7 Å². The molecule has 0 heterocycles. The van der Waals surface area contributed by atoms with Crippen molar-refractivity contribution in [2.45, 2.75) is 25.5 Å². The summed E-state index contributed by atoms with van der Waals surface area (Å²) in [7, 11) is 1.54. The molecule has 0 radical (unpaired) electrons. The molecule has 0 aliphatic heterocycles. The van der Waals surface area contributed by atoms with E-state index in [1.807, 2.05) is 0 Å². The second-order valence-corrected chi connectivity index (χ2v) is 3.61. The van der Waals surface area contributed by atoms with Crippen molar-refractivity contribution < 1.29 is 14.6 Å². The minimum absolute atomic E-state index is 0.0684. The lowest BCUT2D eigenvalue weighted by Crippen LogP contribution is -2.43. The molecule has 16 heavy (non-hydrogen) atoms. The van der Waals surface area contributed by atoms with E-state index in [0.717, 1.165) is 0 Å². The van der Waals surface area contributed by atoms with Crippen molar-refractivity contribution in [1.82, 2.24) is 10.6 Å². The van der Waals surface area contributed by atoms with Gasteiger partial charge < -0.3 is 20.5 Å². The van der Waals surface area contributed by atoms with Gasteiger partial charge in [-0.1, -0.05) is 6.08 Å². The SMILES string of the molecule is C=CCNC(=O)C(C)NCCC(O)COC. The molecule has 5 nitrogen and oxygen atoms in total. The van der Waals surface area contributed by atoms with Gasteiger partial charge in [0, 0.05) is 13.7 Å². The number of nitrogens with one attached hydrogen (secondary N) is 2. The number of carbonyl (C=O) groups is 1. The molecule has 3 N–H and O–H groups in total. The molecule has 0 bridgehead atoms. The highest BCUT2D eigenvalue weighted by atomic mass is 16.5. The topological polar surface area (TPSA) is 70.6 Å². The summed E-state index contributed by atoms with van der Waals surface area (Å²) in [4.78, 5) is 11.4. The van der Waals surface area contributed by atoms with Gasteiger partial charge in [-0.3, -0.25) is 4.79 Å². The van der Waals surface area contributed by atoms with Gasteiger partial charge in [-0.25, -0.2) is 0 Å². The Hall–Kier alpha value is -0.910. The van der Waals surface area contributed by atoms with Gasteiger partial charge in [0.25, 0.3) is 0 Å². The number of ether oxygens (including phenoxy) is 1. The molecule has 2 unspecified atom stereocenters. The minimum Gasteiger partial charge on any atom is -0.391 e. The van der Waals surface area contributed by atoms with E-state index in [1.165, 1.54) is 0 Å². The maximum Gasteiger partial charge on any atom is 0.237 e. The van der Waals surface area contributed by atoms with Crippen LogP contribution in [0.3, 0.4) is 0 Å². The van der Waals surface area contributed by atoms with Gasteiger partial charge in [-0.05, 0) is 19.9 Å². The van der Waals surface area contributed by atoms with Gasteiger partial charge >= 0.3 is 0 Å². The molecule has 0 saturated carbocycles. The number of carbonyl (C=O) groups excluding carboxylic acids is 1. The van der Waals surface area contributed by atoms with Crippen molar-refractivity contribution in [2.75, 3.05) is 26.8 Å². The van der Waals surface area contributed by atoms with E-state index in [9.17, 15) is 9.90 Å². The first-order valence-corrected chi connectivity index (χ1v) is 5.40. The Kier molecular flexibility index (Phi) is 8.80. The molecule has 2 atom stereocenters. The van der Waals surface area contributed by atoms with E-state index in [0.29, 0.717) is 26.1 Å². The van der Waals surface area contributed by atoms with Crippen LogP contribution in [0.25, 0.3) is 0 Å². The lowest BCUT2D eigenvalue weighted by atomic mass is 10.2. The number of rotatable bonds is 9. The summed E-state index contributed by atoms with van der Waals surface area (Å²) >= 11 is 0. The molecule has 0 aliphatic carbocycles. The van der Waals surface area contributed by atoms with E-state index in [-0.39, 0.29) is 11.9 Å². The van der Waals surface area contributed by atoms with Crippen molar-refractivity contribution >= 4 is 5.91 Å². The molecule has 0 aromatic carbocycles.